The first-order chi connectivity index (χ1) is 9.52. The van der Waals surface area contributed by atoms with Gasteiger partial charge >= 0.3 is 5.97 Å². The van der Waals surface area contributed by atoms with Gasteiger partial charge in [-0.2, -0.15) is 0 Å². The molecule has 110 valence electrons. The lowest BCUT2D eigenvalue weighted by Crippen LogP contribution is -2.25. The lowest BCUT2D eigenvalue weighted by atomic mass is 10.0. The first-order valence-corrected chi connectivity index (χ1v) is 6.82. The van der Waals surface area contributed by atoms with Gasteiger partial charge in [0, 0.05) is 25.1 Å². The van der Waals surface area contributed by atoms with E-state index >= 15 is 0 Å². The molecule has 0 heterocycles. The fraction of sp³-hybridized carbons (Fsp3) is 0.467. The smallest absolute Gasteiger partial charge is 0.303 e. The Balaban J connectivity index is 2.30. The number of hydrogen-bond donors (Lipinski definition) is 3. The van der Waals surface area contributed by atoms with Crippen LogP contribution < -0.4 is 11.1 Å². The van der Waals surface area contributed by atoms with E-state index in [0.29, 0.717) is 25.1 Å². The van der Waals surface area contributed by atoms with Crippen LogP contribution in [0.1, 0.15) is 42.1 Å². The lowest BCUT2D eigenvalue weighted by molar-refractivity contribution is -0.137. The molecular weight excluding hydrogens is 256 g/mol. The molecular formula is C15H22N2O3. The summed E-state index contributed by atoms with van der Waals surface area (Å²) in [6.45, 7) is 3.01. The fourth-order valence-corrected chi connectivity index (χ4v) is 1.84. The van der Waals surface area contributed by atoms with Crippen LogP contribution in [0.15, 0.2) is 24.3 Å². The maximum Gasteiger partial charge on any atom is 0.303 e. The molecule has 1 aromatic rings. The summed E-state index contributed by atoms with van der Waals surface area (Å²) < 4.78 is 0. The normalized spacial score (nSPS) is 11.9. The second-order valence-corrected chi connectivity index (χ2v) is 4.98. The fourth-order valence-electron chi connectivity index (χ4n) is 1.84. The Bertz CT molecular complexity index is 443. The minimum atomic E-state index is -0.777. The summed E-state index contributed by atoms with van der Waals surface area (Å²) in [5.41, 5.74) is 7.10. The van der Waals surface area contributed by atoms with Gasteiger partial charge in [-0.05, 0) is 36.5 Å². The molecule has 1 amide bonds. The molecule has 0 aliphatic heterocycles. The number of hydrogen-bond acceptors (Lipinski definition) is 3. The molecule has 0 saturated heterocycles. The van der Waals surface area contributed by atoms with Gasteiger partial charge in [0.1, 0.15) is 0 Å². The number of carboxylic acids is 1. The number of carbonyl (C=O) groups is 2. The number of carbonyl (C=O) groups excluding carboxylic acids is 1. The number of benzene rings is 1. The third-order valence-electron chi connectivity index (χ3n) is 3.23. The van der Waals surface area contributed by atoms with Crippen LogP contribution >= 0.6 is 0 Å². The SMILES string of the molecule is CC(CCNC(=O)c1ccc(CN)cc1)CCC(=O)O. The molecule has 0 aliphatic carbocycles. The van der Waals surface area contributed by atoms with Gasteiger partial charge in [0.05, 0.1) is 0 Å². The summed E-state index contributed by atoms with van der Waals surface area (Å²) in [5, 5.41) is 11.4. The van der Waals surface area contributed by atoms with Gasteiger partial charge in [-0.3, -0.25) is 9.59 Å². The molecule has 0 fully saturated rings. The van der Waals surface area contributed by atoms with Crippen molar-refractivity contribution in [3.8, 4) is 0 Å². The highest BCUT2D eigenvalue weighted by Gasteiger charge is 2.08. The highest BCUT2D eigenvalue weighted by Crippen LogP contribution is 2.09. The lowest BCUT2D eigenvalue weighted by Gasteiger charge is -2.11. The van der Waals surface area contributed by atoms with Crippen molar-refractivity contribution in [2.75, 3.05) is 6.54 Å². The number of nitrogens with one attached hydrogen (secondary N) is 1. The quantitative estimate of drug-likeness (QED) is 0.675. The second kappa shape index (κ2) is 8.32. The molecule has 0 aromatic heterocycles. The topological polar surface area (TPSA) is 92.4 Å². The second-order valence-electron chi connectivity index (χ2n) is 4.98. The van der Waals surface area contributed by atoms with Gasteiger partial charge < -0.3 is 16.2 Å². The van der Waals surface area contributed by atoms with E-state index in [1.807, 2.05) is 19.1 Å². The van der Waals surface area contributed by atoms with E-state index in [1.165, 1.54) is 0 Å². The van der Waals surface area contributed by atoms with Crippen LogP contribution in [-0.4, -0.2) is 23.5 Å². The maximum atomic E-state index is 11.9. The molecule has 1 atom stereocenters. The molecule has 1 rings (SSSR count). The molecule has 0 radical (unpaired) electrons. The Labute approximate surface area is 119 Å². The monoisotopic (exact) mass is 278 g/mol. The van der Waals surface area contributed by atoms with Gasteiger partial charge in [0.15, 0.2) is 0 Å². The predicted molar refractivity (Wildman–Crippen MR) is 77.3 cm³/mol. The first-order valence-electron chi connectivity index (χ1n) is 6.82. The maximum absolute atomic E-state index is 11.9. The van der Waals surface area contributed by atoms with Gasteiger partial charge in [0.2, 0.25) is 0 Å². The summed E-state index contributed by atoms with van der Waals surface area (Å²) >= 11 is 0. The van der Waals surface area contributed by atoms with E-state index in [1.54, 1.807) is 12.1 Å². The van der Waals surface area contributed by atoms with E-state index in [-0.39, 0.29) is 18.2 Å². The summed E-state index contributed by atoms with van der Waals surface area (Å²) in [7, 11) is 0. The van der Waals surface area contributed by atoms with Crippen LogP contribution in [0.25, 0.3) is 0 Å². The van der Waals surface area contributed by atoms with Crippen LogP contribution in [-0.2, 0) is 11.3 Å². The van der Waals surface area contributed by atoms with E-state index in [9.17, 15) is 9.59 Å². The highest BCUT2D eigenvalue weighted by molar-refractivity contribution is 5.94. The van der Waals surface area contributed by atoms with Crippen molar-refractivity contribution in [2.24, 2.45) is 11.7 Å². The minimum Gasteiger partial charge on any atom is -0.481 e. The molecule has 0 spiro atoms. The Hall–Kier alpha value is -1.88. The molecule has 1 aromatic carbocycles. The third kappa shape index (κ3) is 5.84. The highest BCUT2D eigenvalue weighted by atomic mass is 16.4. The number of rotatable bonds is 8. The average molecular weight is 278 g/mol. The molecule has 20 heavy (non-hydrogen) atoms. The minimum absolute atomic E-state index is 0.112. The van der Waals surface area contributed by atoms with E-state index < -0.39 is 5.97 Å². The van der Waals surface area contributed by atoms with Gasteiger partial charge in [-0.25, -0.2) is 0 Å². The molecule has 0 bridgehead atoms. The van der Waals surface area contributed by atoms with Crippen molar-refractivity contribution in [2.45, 2.75) is 32.7 Å². The molecule has 0 aliphatic rings. The van der Waals surface area contributed by atoms with E-state index in [0.717, 1.165) is 12.0 Å². The standard InChI is InChI=1S/C15H22N2O3/c1-11(2-7-14(18)19)8-9-17-15(20)13-5-3-12(10-16)4-6-13/h3-6,11H,2,7-10,16H2,1H3,(H,17,20)(H,18,19). The van der Waals surface area contributed by atoms with Crippen molar-refractivity contribution in [3.05, 3.63) is 35.4 Å². The molecule has 5 nitrogen and oxygen atoms in total. The van der Waals surface area contributed by atoms with Crippen LogP contribution in [0, 0.1) is 5.92 Å². The number of nitrogens with two attached hydrogens (primary N) is 1. The Morgan fingerprint density at radius 3 is 2.45 bits per heavy atom. The van der Waals surface area contributed by atoms with Crippen molar-refractivity contribution in [1.82, 2.24) is 5.32 Å². The average Bonchev–Trinajstić information content (AvgIpc) is 2.45. The van der Waals surface area contributed by atoms with Crippen LogP contribution in [0.3, 0.4) is 0 Å². The zero-order valence-electron chi connectivity index (χ0n) is 11.8. The van der Waals surface area contributed by atoms with Crippen LogP contribution in [0.4, 0.5) is 0 Å². The summed E-state index contributed by atoms with van der Waals surface area (Å²) in [6.07, 6.45) is 1.59. The van der Waals surface area contributed by atoms with Crippen molar-refractivity contribution >= 4 is 11.9 Å². The van der Waals surface area contributed by atoms with Crippen molar-refractivity contribution in [3.63, 3.8) is 0 Å². The number of carboxylic acid groups (broad SMARTS) is 1. The predicted octanol–water partition coefficient (Wildman–Crippen LogP) is 1.77. The van der Waals surface area contributed by atoms with E-state index in [4.69, 9.17) is 10.8 Å². The summed E-state index contributed by atoms with van der Waals surface area (Å²) in [5.74, 6) is -0.606. The largest absolute Gasteiger partial charge is 0.481 e. The molecule has 0 saturated carbocycles. The number of aliphatic carboxylic acids is 1. The molecule has 5 heteroatoms. The van der Waals surface area contributed by atoms with Crippen molar-refractivity contribution in [1.29, 1.82) is 0 Å². The zero-order chi connectivity index (χ0) is 15.0. The Morgan fingerprint density at radius 2 is 1.90 bits per heavy atom. The Morgan fingerprint density at radius 1 is 1.25 bits per heavy atom. The first kappa shape index (κ1) is 16.2. The summed E-state index contributed by atoms with van der Waals surface area (Å²) in [6, 6.07) is 7.19. The van der Waals surface area contributed by atoms with E-state index in [2.05, 4.69) is 5.32 Å². The molecule has 1 unspecified atom stereocenters. The van der Waals surface area contributed by atoms with Gasteiger partial charge in [-0.15, -0.1) is 0 Å². The van der Waals surface area contributed by atoms with Crippen LogP contribution in [0.2, 0.25) is 0 Å². The van der Waals surface area contributed by atoms with Crippen LogP contribution in [0.5, 0.6) is 0 Å². The van der Waals surface area contributed by atoms with Crippen molar-refractivity contribution < 1.29 is 14.7 Å². The summed E-state index contributed by atoms with van der Waals surface area (Å²) in [4.78, 5) is 22.3. The van der Waals surface area contributed by atoms with Gasteiger partial charge in [-0.1, -0.05) is 19.1 Å². The Kier molecular flexibility index (Phi) is 6.73. The van der Waals surface area contributed by atoms with Gasteiger partial charge in [0.25, 0.3) is 5.91 Å². The zero-order valence-corrected chi connectivity index (χ0v) is 11.8. The molecule has 4 N–H and O–H groups in total. The third-order valence-corrected chi connectivity index (χ3v) is 3.23. The number of amides is 1.